The van der Waals surface area contributed by atoms with Crippen molar-refractivity contribution in [1.29, 1.82) is 0 Å². The number of carbonyl (C=O) groups excluding carboxylic acids is 2. The van der Waals surface area contributed by atoms with Crippen molar-refractivity contribution < 1.29 is 14.3 Å². The van der Waals surface area contributed by atoms with Gasteiger partial charge in [0.05, 0.1) is 35.9 Å². The Balaban J connectivity index is 1.56. The highest BCUT2D eigenvalue weighted by Gasteiger charge is 2.43. The second kappa shape index (κ2) is 8.24. The Hall–Kier alpha value is -1.51. The lowest BCUT2D eigenvalue weighted by molar-refractivity contribution is -0.174. The van der Waals surface area contributed by atoms with Crippen LogP contribution in [-0.2, 0) is 20.9 Å². The molecule has 0 saturated carbocycles. The van der Waals surface area contributed by atoms with Crippen LogP contribution >= 0.6 is 11.3 Å². The molecule has 1 spiro atoms. The van der Waals surface area contributed by atoms with Gasteiger partial charge in [0, 0.05) is 24.5 Å². The predicted molar refractivity (Wildman–Crippen MR) is 105 cm³/mol. The molecule has 0 aromatic carbocycles. The van der Waals surface area contributed by atoms with Crippen molar-refractivity contribution in [1.82, 2.24) is 19.7 Å². The van der Waals surface area contributed by atoms with E-state index in [-0.39, 0.29) is 24.0 Å². The molecule has 2 amide bonds. The number of nitrogens with zero attached hydrogens (tertiary/aromatic N) is 4. The van der Waals surface area contributed by atoms with E-state index in [9.17, 15) is 9.59 Å². The molecule has 3 rings (SSSR count). The highest BCUT2D eigenvalue weighted by Crippen LogP contribution is 2.31. The summed E-state index contributed by atoms with van der Waals surface area (Å²) in [5.41, 5.74) is 0.604. The Kier molecular flexibility index (Phi) is 6.18. The fourth-order valence-corrected chi connectivity index (χ4v) is 4.17. The summed E-state index contributed by atoms with van der Waals surface area (Å²) in [4.78, 5) is 35.1. The first kappa shape index (κ1) is 20.2. The maximum Gasteiger partial charge on any atom is 0.249 e. The number of likely N-dealkylation sites (tertiary alicyclic amines) is 1. The smallest absolute Gasteiger partial charge is 0.249 e. The summed E-state index contributed by atoms with van der Waals surface area (Å²) in [6.45, 7) is 9.19. The number of hydrogen-bond acceptors (Lipinski definition) is 6. The van der Waals surface area contributed by atoms with Gasteiger partial charge in [-0.1, -0.05) is 0 Å². The molecule has 0 aliphatic carbocycles. The summed E-state index contributed by atoms with van der Waals surface area (Å²) in [5.74, 6) is 0.186. The van der Waals surface area contributed by atoms with Gasteiger partial charge in [-0.25, -0.2) is 4.98 Å². The summed E-state index contributed by atoms with van der Waals surface area (Å²) in [6, 6.07) is 0.348. The number of thiazole rings is 1. The Labute approximate surface area is 165 Å². The average molecular weight is 395 g/mol. The molecule has 3 heterocycles. The lowest BCUT2D eigenvalue weighted by atomic mass is 9.89. The van der Waals surface area contributed by atoms with Crippen molar-refractivity contribution in [3.05, 3.63) is 16.1 Å². The van der Waals surface area contributed by atoms with Crippen LogP contribution in [0.5, 0.6) is 0 Å². The van der Waals surface area contributed by atoms with Crippen molar-refractivity contribution in [3.63, 3.8) is 0 Å². The molecule has 2 fully saturated rings. The van der Waals surface area contributed by atoms with Gasteiger partial charge in [0.2, 0.25) is 11.8 Å². The number of hydrogen-bond donors (Lipinski definition) is 0. The van der Waals surface area contributed by atoms with Crippen LogP contribution in [0, 0.1) is 6.92 Å². The van der Waals surface area contributed by atoms with Gasteiger partial charge >= 0.3 is 0 Å². The third kappa shape index (κ3) is 4.86. The molecular formula is C19H30N4O3S. The molecule has 0 radical (unpaired) electrons. The fourth-order valence-electron chi connectivity index (χ4n) is 3.57. The van der Waals surface area contributed by atoms with Crippen LogP contribution in [0.4, 0.5) is 0 Å². The number of carbonyl (C=O) groups is 2. The summed E-state index contributed by atoms with van der Waals surface area (Å²) in [7, 11) is 1.97. The molecule has 2 saturated heterocycles. The first-order chi connectivity index (χ1) is 12.8. The quantitative estimate of drug-likeness (QED) is 0.757. The van der Waals surface area contributed by atoms with Gasteiger partial charge in [-0.15, -0.1) is 11.3 Å². The second-order valence-electron chi connectivity index (χ2n) is 7.97. The summed E-state index contributed by atoms with van der Waals surface area (Å²) in [6.07, 6.45) is 1.54. The molecule has 0 bridgehead atoms. The Morgan fingerprint density at radius 1 is 1.41 bits per heavy atom. The number of rotatable bonds is 5. The summed E-state index contributed by atoms with van der Waals surface area (Å²) >= 11 is 1.60. The van der Waals surface area contributed by atoms with Crippen LogP contribution in [0.2, 0.25) is 0 Å². The minimum absolute atomic E-state index is 0.0170. The van der Waals surface area contributed by atoms with Gasteiger partial charge in [-0.2, -0.15) is 0 Å². The van der Waals surface area contributed by atoms with E-state index in [0.717, 1.165) is 23.5 Å². The molecule has 2 aliphatic heterocycles. The maximum atomic E-state index is 12.5. The molecule has 0 unspecified atom stereocenters. The molecule has 2 aliphatic rings. The monoisotopic (exact) mass is 394 g/mol. The normalized spacial score (nSPS) is 20.1. The second-order valence-corrected chi connectivity index (χ2v) is 9.03. The van der Waals surface area contributed by atoms with Crippen molar-refractivity contribution in [3.8, 4) is 0 Å². The topological polar surface area (TPSA) is 66.0 Å². The zero-order valence-electron chi connectivity index (χ0n) is 16.7. The number of likely N-dealkylation sites (N-methyl/N-ethyl adjacent to an activating group) is 1. The number of aryl methyl sites for hydroxylation is 1. The summed E-state index contributed by atoms with van der Waals surface area (Å²) in [5, 5.41) is 3.02. The van der Waals surface area contributed by atoms with Crippen molar-refractivity contribution in [2.75, 3.05) is 39.8 Å². The number of ether oxygens (including phenoxy) is 1. The molecule has 0 N–H and O–H groups in total. The third-order valence-electron chi connectivity index (χ3n) is 5.65. The summed E-state index contributed by atoms with van der Waals surface area (Å²) < 4.78 is 5.98. The van der Waals surface area contributed by atoms with Crippen LogP contribution in [0.3, 0.4) is 0 Å². The van der Waals surface area contributed by atoms with E-state index >= 15 is 0 Å². The highest BCUT2D eigenvalue weighted by atomic mass is 32.1. The Morgan fingerprint density at radius 3 is 2.70 bits per heavy atom. The van der Waals surface area contributed by atoms with Crippen molar-refractivity contribution in [2.45, 2.75) is 51.8 Å². The Bertz CT molecular complexity index is 682. The largest absolute Gasteiger partial charge is 0.363 e. The van der Waals surface area contributed by atoms with E-state index in [1.165, 1.54) is 0 Å². The highest BCUT2D eigenvalue weighted by molar-refractivity contribution is 7.09. The molecule has 150 valence electrons. The standard InChI is InChI=1S/C19H30N4O3S/c1-14(2)21(4)10-17(24)22-7-5-19(6-8-22)13-23(18(25)11-26-19)9-16-12-27-15(3)20-16/h12,14H,5-11,13H2,1-4H3. The van der Waals surface area contributed by atoms with E-state index in [2.05, 4.69) is 23.7 Å². The van der Waals surface area contributed by atoms with Crippen LogP contribution in [-0.4, -0.2) is 83.0 Å². The molecule has 8 heteroatoms. The van der Waals surface area contributed by atoms with E-state index in [4.69, 9.17) is 4.74 Å². The predicted octanol–water partition coefficient (Wildman–Crippen LogP) is 1.51. The van der Waals surface area contributed by atoms with Crippen molar-refractivity contribution >= 4 is 23.2 Å². The van der Waals surface area contributed by atoms with Crippen molar-refractivity contribution in [2.24, 2.45) is 0 Å². The third-order valence-corrected chi connectivity index (χ3v) is 6.47. The Morgan fingerprint density at radius 2 is 2.11 bits per heavy atom. The van der Waals surface area contributed by atoms with Crippen LogP contribution in [0.15, 0.2) is 5.38 Å². The molecule has 7 nitrogen and oxygen atoms in total. The molecule has 0 atom stereocenters. The number of morpholine rings is 1. The van der Waals surface area contributed by atoms with Gasteiger partial charge in [0.15, 0.2) is 0 Å². The van der Waals surface area contributed by atoms with Crippen LogP contribution in [0.1, 0.15) is 37.4 Å². The number of piperidine rings is 1. The fraction of sp³-hybridized carbons (Fsp3) is 0.737. The van der Waals surface area contributed by atoms with Gasteiger partial charge < -0.3 is 14.5 Å². The minimum atomic E-state index is -0.334. The van der Waals surface area contributed by atoms with E-state index in [1.54, 1.807) is 11.3 Å². The van der Waals surface area contributed by atoms with E-state index < -0.39 is 0 Å². The maximum absolute atomic E-state index is 12.5. The number of amides is 2. The minimum Gasteiger partial charge on any atom is -0.363 e. The first-order valence-electron chi connectivity index (χ1n) is 9.59. The van der Waals surface area contributed by atoms with Gasteiger partial charge in [-0.3, -0.25) is 14.5 Å². The molecule has 27 heavy (non-hydrogen) atoms. The molecular weight excluding hydrogens is 364 g/mol. The zero-order valence-corrected chi connectivity index (χ0v) is 17.5. The first-order valence-corrected chi connectivity index (χ1v) is 10.5. The van der Waals surface area contributed by atoms with E-state index in [0.29, 0.717) is 38.8 Å². The lowest BCUT2D eigenvalue weighted by Gasteiger charge is -2.47. The van der Waals surface area contributed by atoms with Crippen LogP contribution in [0.25, 0.3) is 0 Å². The van der Waals surface area contributed by atoms with Crippen LogP contribution < -0.4 is 0 Å². The van der Waals surface area contributed by atoms with Gasteiger partial charge in [-0.05, 0) is 40.7 Å². The average Bonchev–Trinajstić information content (AvgIpc) is 3.03. The number of aromatic nitrogens is 1. The SMILES string of the molecule is Cc1nc(CN2CC3(CCN(C(=O)CN(C)C(C)C)CC3)OCC2=O)cs1. The van der Waals surface area contributed by atoms with Gasteiger partial charge in [0.25, 0.3) is 0 Å². The zero-order chi connectivity index (χ0) is 19.6. The lowest BCUT2D eigenvalue weighted by Crippen LogP contribution is -2.59. The molecule has 1 aromatic heterocycles. The van der Waals surface area contributed by atoms with E-state index in [1.807, 2.05) is 29.2 Å². The molecule has 1 aromatic rings. The van der Waals surface area contributed by atoms with Gasteiger partial charge in [0.1, 0.15) is 6.61 Å².